The number of hydrogen-bond donors (Lipinski definition) is 2. The quantitative estimate of drug-likeness (QED) is 0.449. The first kappa shape index (κ1) is 28.6. The molecule has 3 fully saturated rings. The zero-order valence-corrected chi connectivity index (χ0v) is 25.9. The number of amides is 1. The van der Waals surface area contributed by atoms with Crippen LogP contribution in [0.2, 0.25) is 0 Å². The van der Waals surface area contributed by atoms with E-state index in [2.05, 4.69) is 33.0 Å². The van der Waals surface area contributed by atoms with Crippen molar-refractivity contribution >= 4 is 17.5 Å². The molecule has 8 unspecified atom stereocenters. The molecule has 1 aromatic rings. The van der Waals surface area contributed by atoms with Gasteiger partial charge in [0.1, 0.15) is 11.4 Å². The minimum atomic E-state index is -1.58. The summed E-state index contributed by atoms with van der Waals surface area (Å²) in [6, 6.07) is 3.65. The van der Waals surface area contributed by atoms with E-state index in [1.165, 1.54) is 0 Å². The lowest BCUT2D eigenvalue weighted by molar-refractivity contribution is -0.242. The average Bonchev–Trinajstić information content (AvgIpc) is 3.44. The summed E-state index contributed by atoms with van der Waals surface area (Å²) in [5, 5.41) is 16.1. The van der Waals surface area contributed by atoms with E-state index in [-0.39, 0.29) is 34.7 Å². The van der Waals surface area contributed by atoms with Crippen LogP contribution >= 0.6 is 0 Å². The third-order valence-corrected chi connectivity index (χ3v) is 13.6. The highest BCUT2D eigenvalue weighted by atomic mass is 16.3. The maximum atomic E-state index is 14.5. The first-order valence-electron chi connectivity index (χ1n) is 15.5. The molecule has 6 heteroatoms. The Bertz CT molecular complexity index is 1370. The minimum Gasteiger partial charge on any atom is -0.467 e. The van der Waals surface area contributed by atoms with Crippen molar-refractivity contribution in [3.63, 3.8) is 0 Å². The van der Waals surface area contributed by atoms with Crippen molar-refractivity contribution in [2.75, 3.05) is 0 Å². The van der Waals surface area contributed by atoms with Gasteiger partial charge in [-0.3, -0.25) is 14.4 Å². The van der Waals surface area contributed by atoms with Crippen LogP contribution in [0.15, 0.2) is 46.6 Å². The first-order chi connectivity index (χ1) is 19.0. The van der Waals surface area contributed by atoms with Crippen molar-refractivity contribution in [2.45, 2.75) is 106 Å². The highest BCUT2D eigenvalue weighted by molar-refractivity contribution is 6.01. The fourth-order valence-corrected chi connectivity index (χ4v) is 10.5. The molecular formula is C35H47NO5. The highest BCUT2D eigenvalue weighted by Crippen LogP contribution is 2.75. The van der Waals surface area contributed by atoms with E-state index in [9.17, 15) is 19.5 Å². The largest absolute Gasteiger partial charge is 0.467 e. The Morgan fingerprint density at radius 3 is 2.37 bits per heavy atom. The highest BCUT2D eigenvalue weighted by Gasteiger charge is 2.75. The third kappa shape index (κ3) is 3.49. The standard InChI is InChI=1S/C35H47NO5/c1-29(2)23-10-13-33(6)24(32(23,5)12-11-26(29)37)19-27(38)35(40)25-20-31(4,28(39)36-21-22-9-8-18-41-22)15-14-30(25,3)16-17-34(33,35)7/h8-9,11-12,18-19,23,25,40H,10,13-17,20-21H2,1-7H3,(H,36,39). The molecule has 1 aromatic heterocycles. The number of rotatable bonds is 3. The van der Waals surface area contributed by atoms with Crippen molar-refractivity contribution in [1.29, 1.82) is 0 Å². The average molecular weight is 562 g/mol. The number of allylic oxidation sites excluding steroid dienone is 3. The number of nitrogens with one attached hydrogen (secondary N) is 1. The van der Waals surface area contributed by atoms with E-state index < -0.39 is 32.7 Å². The smallest absolute Gasteiger partial charge is 0.226 e. The summed E-state index contributed by atoms with van der Waals surface area (Å²) in [4.78, 5) is 41.1. The fraction of sp³-hybridized carbons (Fsp3) is 0.686. The predicted molar refractivity (Wildman–Crippen MR) is 156 cm³/mol. The summed E-state index contributed by atoms with van der Waals surface area (Å²) in [5.74, 6) is 0.339. The minimum absolute atomic E-state index is 0.0511. The predicted octanol–water partition coefficient (Wildman–Crippen LogP) is 6.34. The topological polar surface area (TPSA) is 96.6 Å². The number of carbonyl (C=O) groups excluding carboxylic acids is 3. The van der Waals surface area contributed by atoms with Crippen molar-refractivity contribution in [1.82, 2.24) is 5.32 Å². The van der Waals surface area contributed by atoms with Crippen LogP contribution in [0.1, 0.15) is 99.2 Å². The fourth-order valence-electron chi connectivity index (χ4n) is 10.5. The summed E-state index contributed by atoms with van der Waals surface area (Å²) in [6.07, 6.45) is 12.5. The van der Waals surface area contributed by atoms with Crippen molar-refractivity contribution in [3.8, 4) is 0 Å². The van der Waals surface area contributed by atoms with E-state index in [1.54, 1.807) is 24.5 Å². The number of carbonyl (C=O) groups is 3. The van der Waals surface area contributed by atoms with Gasteiger partial charge in [0.25, 0.3) is 0 Å². The molecular weight excluding hydrogens is 514 g/mol. The van der Waals surface area contributed by atoms with E-state index in [0.29, 0.717) is 18.7 Å². The summed E-state index contributed by atoms with van der Waals surface area (Å²) >= 11 is 0. The molecule has 3 saturated carbocycles. The third-order valence-electron chi connectivity index (χ3n) is 13.6. The lowest BCUT2D eigenvalue weighted by atomic mass is 9.33. The molecule has 222 valence electrons. The molecule has 41 heavy (non-hydrogen) atoms. The van der Waals surface area contributed by atoms with Crippen LogP contribution in [0.4, 0.5) is 0 Å². The van der Waals surface area contributed by atoms with Gasteiger partial charge in [0.2, 0.25) is 5.91 Å². The number of hydrogen-bond acceptors (Lipinski definition) is 5. The molecule has 0 radical (unpaired) electrons. The monoisotopic (exact) mass is 561 g/mol. The zero-order chi connectivity index (χ0) is 29.9. The molecule has 0 aliphatic heterocycles. The van der Waals surface area contributed by atoms with Gasteiger partial charge in [0, 0.05) is 27.6 Å². The van der Waals surface area contributed by atoms with Gasteiger partial charge in [-0.25, -0.2) is 0 Å². The van der Waals surface area contributed by atoms with Crippen LogP contribution < -0.4 is 5.32 Å². The maximum Gasteiger partial charge on any atom is 0.226 e. The Hall–Kier alpha value is -2.47. The summed E-state index contributed by atoms with van der Waals surface area (Å²) in [6.45, 7) is 15.2. The van der Waals surface area contributed by atoms with E-state index in [1.807, 2.05) is 32.9 Å². The first-order valence-corrected chi connectivity index (χ1v) is 15.5. The molecule has 8 atom stereocenters. The molecule has 6 rings (SSSR count). The Balaban J connectivity index is 1.41. The second-order valence-electron chi connectivity index (χ2n) is 15.9. The normalized spacial score (nSPS) is 46.5. The maximum absolute atomic E-state index is 14.5. The van der Waals surface area contributed by atoms with Crippen LogP contribution in [-0.4, -0.2) is 28.2 Å². The number of ketones is 2. The second-order valence-corrected chi connectivity index (χ2v) is 15.9. The van der Waals surface area contributed by atoms with Crippen LogP contribution in [0, 0.1) is 44.3 Å². The van der Waals surface area contributed by atoms with Gasteiger partial charge in [0.05, 0.1) is 12.8 Å². The van der Waals surface area contributed by atoms with Crippen molar-refractivity contribution in [3.05, 3.63) is 48.0 Å². The van der Waals surface area contributed by atoms with Gasteiger partial charge < -0.3 is 14.8 Å². The number of furan rings is 1. The molecule has 0 saturated heterocycles. The Labute approximate surface area is 244 Å². The van der Waals surface area contributed by atoms with E-state index >= 15 is 0 Å². The zero-order valence-electron chi connectivity index (χ0n) is 25.9. The van der Waals surface area contributed by atoms with Crippen molar-refractivity contribution < 1.29 is 23.9 Å². The molecule has 5 aliphatic carbocycles. The summed E-state index contributed by atoms with van der Waals surface area (Å²) < 4.78 is 5.42. The lowest BCUT2D eigenvalue weighted by Gasteiger charge is -2.71. The summed E-state index contributed by atoms with van der Waals surface area (Å²) in [7, 11) is 0. The van der Waals surface area contributed by atoms with Crippen LogP contribution in [0.5, 0.6) is 0 Å². The van der Waals surface area contributed by atoms with Crippen molar-refractivity contribution in [2.24, 2.45) is 44.3 Å². The lowest BCUT2D eigenvalue weighted by Crippen LogP contribution is -2.74. The van der Waals surface area contributed by atoms with Crippen LogP contribution in [0.3, 0.4) is 0 Å². The van der Waals surface area contributed by atoms with Gasteiger partial charge in [-0.2, -0.15) is 0 Å². The Morgan fingerprint density at radius 1 is 0.976 bits per heavy atom. The van der Waals surface area contributed by atoms with Gasteiger partial charge in [-0.15, -0.1) is 0 Å². The molecule has 1 heterocycles. The molecule has 0 bridgehead atoms. The van der Waals surface area contributed by atoms with E-state index in [4.69, 9.17) is 4.42 Å². The van der Waals surface area contributed by atoms with E-state index in [0.717, 1.165) is 44.1 Å². The van der Waals surface area contributed by atoms with Gasteiger partial charge in [0.15, 0.2) is 11.6 Å². The SMILES string of the molecule is CC1(C(=O)NCc2ccco2)CCC2(C)CCC3(C)C4(C)CCC5C(C)(C)C(=O)C=CC5(C)C4=CC(=O)C3(O)C2C1. The molecule has 5 aliphatic rings. The Morgan fingerprint density at radius 2 is 1.68 bits per heavy atom. The molecule has 2 N–H and O–H groups in total. The number of aliphatic hydroxyl groups is 1. The number of fused-ring (bicyclic) bond motifs is 7. The Kier molecular flexibility index (Phi) is 5.97. The molecule has 0 spiro atoms. The van der Waals surface area contributed by atoms with Crippen LogP contribution in [-0.2, 0) is 20.9 Å². The summed E-state index contributed by atoms with van der Waals surface area (Å²) in [5.41, 5.74) is -3.48. The second kappa shape index (κ2) is 8.55. The van der Waals surface area contributed by atoms with Crippen LogP contribution in [0.25, 0.3) is 0 Å². The van der Waals surface area contributed by atoms with Gasteiger partial charge in [-0.05, 0) is 91.6 Å². The molecule has 0 aromatic carbocycles. The molecule has 1 amide bonds. The van der Waals surface area contributed by atoms with Gasteiger partial charge >= 0.3 is 0 Å². The molecule has 6 nitrogen and oxygen atoms in total. The van der Waals surface area contributed by atoms with Gasteiger partial charge in [-0.1, -0.05) is 54.5 Å².